The highest BCUT2D eigenvalue weighted by atomic mass is 19.4. The molecule has 1 N–H and O–H groups in total. The molecule has 2 aromatic carbocycles. The third kappa shape index (κ3) is 5.31. The molecule has 0 aromatic heterocycles. The van der Waals surface area contributed by atoms with Crippen LogP contribution in [-0.2, 0) is 17.4 Å². The Kier molecular flexibility index (Phi) is 6.77. The summed E-state index contributed by atoms with van der Waals surface area (Å²) in [4.78, 5) is 14.0. The third-order valence-electron chi connectivity index (χ3n) is 4.17. The van der Waals surface area contributed by atoms with Crippen molar-refractivity contribution in [1.82, 2.24) is 0 Å². The maximum atomic E-state index is 13.0. The van der Waals surface area contributed by atoms with Gasteiger partial charge < -0.3 is 19.7 Å². The van der Waals surface area contributed by atoms with Crippen LogP contribution in [0.25, 0.3) is 0 Å². The minimum atomic E-state index is -4.48. The molecule has 5 nitrogen and oxygen atoms in total. The van der Waals surface area contributed by atoms with Crippen LogP contribution in [0.5, 0.6) is 11.5 Å². The van der Waals surface area contributed by atoms with E-state index in [0.29, 0.717) is 23.6 Å². The Morgan fingerprint density at radius 1 is 1.04 bits per heavy atom. The van der Waals surface area contributed by atoms with Gasteiger partial charge in [0.25, 0.3) is 0 Å². The summed E-state index contributed by atoms with van der Waals surface area (Å²) in [6, 6.07) is 8.60. The van der Waals surface area contributed by atoms with Gasteiger partial charge in [-0.3, -0.25) is 4.79 Å². The zero-order valence-corrected chi connectivity index (χ0v) is 16.2. The lowest BCUT2D eigenvalue weighted by atomic mass is 10.1. The molecule has 0 saturated carbocycles. The number of benzene rings is 2. The molecule has 0 spiro atoms. The van der Waals surface area contributed by atoms with Crippen LogP contribution in [0, 0.1) is 0 Å². The van der Waals surface area contributed by atoms with Gasteiger partial charge in [-0.2, -0.15) is 13.2 Å². The number of amides is 1. The Labute approximate surface area is 162 Å². The van der Waals surface area contributed by atoms with E-state index in [4.69, 9.17) is 9.47 Å². The summed E-state index contributed by atoms with van der Waals surface area (Å²) in [5.41, 5.74) is 0.655. The van der Waals surface area contributed by atoms with Crippen molar-refractivity contribution in [3.8, 4) is 11.5 Å². The smallest absolute Gasteiger partial charge is 0.416 e. The quantitative estimate of drug-likeness (QED) is 0.756. The molecule has 0 radical (unpaired) electrons. The maximum absolute atomic E-state index is 13.0. The average molecular weight is 396 g/mol. The first-order chi connectivity index (χ1) is 13.2. The maximum Gasteiger partial charge on any atom is 0.416 e. The molecule has 0 aliphatic heterocycles. The fourth-order valence-electron chi connectivity index (χ4n) is 2.71. The van der Waals surface area contributed by atoms with E-state index in [1.807, 2.05) is 6.07 Å². The molecular formula is C20H23F3N2O3. The normalized spacial score (nSPS) is 11.1. The van der Waals surface area contributed by atoms with Gasteiger partial charge in [-0.1, -0.05) is 6.07 Å². The third-order valence-corrected chi connectivity index (χ3v) is 4.17. The average Bonchev–Trinajstić information content (AvgIpc) is 2.65. The van der Waals surface area contributed by atoms with Crippen molar-refractivity contribution in [1.29, 1.82) is 0 Å². The van der Waals surface area contributed by atoms with Gasteiger partial charge in [0.2, 0.25) is 5.91 Å². The summed E-state index contributed by atoms with van der Waals surface area (Å²) in [7, 11) is 6.44. The lowest BCUT2D eigenvalue weighted by Crippen LogP contribution is -2.18. The molecule has 2 rings (SSSR count). The largest absolute Gasteiger partial charge is 0.493 e. The van der Waals surface area contributed by atoms with Gasteiger partial charge in [-0.25, -0.2) is 0 Å². The van der Waals surface area contributed by atoms with Gasteiger partial charge in [0.05, 0.1) is 31.2 Å². The molecule has 0 atom stereocenters. The van der Waals surface area contributed by atoms with Crippen LogP contribution in [0.2, 0.25) is 0 Å². The molecule has 0 unspecified atom stereocenters. The second-order valence-electron chi connectivity index (χ2n) is 6.36. The summed E-state index contributed by atoms with van der Waals surface area (Å²) in [5, 5.41) is 2.59. The van der Waals surface area contributed by atoms with E-state index in [9.17, 15) is 18.0 Å². The number of methoxy groups -OCH3 is 2. The summed E-state index contributed by atoms with van der Waals surface area (Å²) < 4.78 is 49.4. The monoisotopic (exact) mass is 396 g/mol. The summed E-state index contributed by atoms with van der Waals surface area (Å²) in [6.07, 6.45) is -3.97. The lowest BCUT2D eigenvalue weighted by molar-refractivity contribution is -0.137. The number of carbonyl (C=O) groups excluding carboxylic acids is 1. The van der Waals surface area contributed by atoms with Gasteiger partial charge in [-0.15, -0.1) is 0 Å². The van der Waals surface area contributed by atoms with Crippen molar-refractivity contribution in [2.45, 2.75) is 19.0 Å². The highest BCUT2D eigenvalue weighted by molar-refractivity contribution is 5.94. The Morgan fingerprint density at radius 3 is 2.29 bits per heavy atom. The van der Waals surface area contributed by atoms with Gasteiger partial charge >= 0.3 is 6.18 Å². The van der Waals surface area contributed by atoms with Crippen LogP contribution in [-0.4, -0.2) is 34.2 Å². The first-order valence-electron chi connectivity index (χ1n) is 8.55. The van der Waals surface area contributed by atoms with Gasteiger partial charge in [0, 0.05) is 20.5 Å². The number of hydrogen-bond donors (Lipinski definition) is 1. The molecule has 152 valence electrons. The molecule has 0 aliphatic rings. The molecule has 1 amide bonds. The summed E-state index contributed by atoms with van der Waals surface area (Å²) in [6.45, 7) is 0. The van der Waals surface area contributed by atoms with Gasteiger partial charge in [0.1, 0.15) is 0 Å². The van der Waals surface area contributed by atoms with E-state index in [0.717, 1.165) is 17.7 Å². The van der Waals surface area contributed by atoms with E-state index in [1.165, 1.54) is 20.3 Å². The number of carbonyl (C=O) groups is 1. The van der Waals surface area contributed by atoms with E-state index in [-0.39, 0.29) is 18.0 Å². The second-order valence-corrected chi connectivity index (χ2v) is 6.36. The van der Waals surface area contributed by atoms with Crippen LogP contribution in [0.4, 0.5) is 24.5 Å². The topological polar surface area (TPSA) is 50.8 Å². The van der Waals surface area contributed by atoms with Gasteiger partial charge in [0.15, 0.2) is 11.5 Å². The van der Waals surface area contributed by atoms with E-state index < -0.39 is 11.7 Å². The van der Waals surface area contributed by atoms with Crippen LogP contribution in [0.15, 0.2) is 36.4 Å². The minimum Gasteiger partial charge on any atom is -0.493 e. The number of hydrogen-bond acceptors (Lipinski definition) is 4. The molecule has 0 heterocycles. The molecule has 0 saturated heterocycles. The van der Waals surface area contributed by atoms with Crippen molar-refractivity contribution in [3.63, 3.8) is 0 Å². The lowest BCUT2D eigenvalue weighted by Gasteiger charge is -2.20. The number of nitrogens with one attached hydrogen (secondary N) is 1. The molecular weight excluding hydrogens is 373 g/mol. The van der Waals surface area contributed by atoms with E-state index >= 15 is 0 Å². The van der Waals surface area contributed by atoms with Crippen molar-refractivity contribution < 1.29 is 27.4 Å². The number of ether oxygens (including phenoxy) is 2. The number of halogens is 3. The molecule has 8 heteroatoms. The molecule has 2 aromatic rings. The number of rotatable bonds is 7. The van der Waals surface area contributed by atoms with E-state index in [2.05, 4.69) is 5.32 Å². The highest BCUT2D eigenvalue weighted by Gasteiger charge is 2.31. The molecule has 0 aliphatic carbocycles. The van der Waals surface area contributed by atoms with Gasteiger partial charge in [-0.05, 0) is 42.3 Å². The molecule has 0 bridgehead atoms. The van der Waals surface area contributed by atoms with Crippen molar-refractivity contribution in [2.75, 3.05) is 38.5 Å². The summed E-state index contributed by atoms with van der Waals surface area (Å²) >= 11 is 0. The molecule has 28 heavy (non-hydrogen) atoms. The van der Waals surface area contributed by atoms with E-state index in [1.54, 1.807) is 31.1 Å². The molecule has 0 fully saturated rings. The fraction of sp³-hybridized carbons (Fsp3) is 0.350. The standard InChI is InChI=1S/C20H23F3N2O3/c1-25(2)16-8-7-14(20(21,22)23)12-15(16)24-19(26)10-6-13-5-9-17(27-3)18(11-13)28-4/h5,7-9,11-12H,6,10H2,1-4H3,(H,24,26). The zero-order chi connectivity index (χ0) is 20.9. The SMILES string of the molecule is COc1ccc(CCC(=O)Nc2cc(C(F)(F)F)ccc2N(C)C)cc1OC. The zero-order valence-electron chi connectivity index (χ0n) is 16.2. The number of aryl methyl sites for hydroxylation is 1. The van der Waals surface area contributed by atoms with Crippen LogP contribution < -0.4 is 19.7 Å². The second kappa shape index (κ2) is 8.86. The predicted molar refractivity (Wildman–Crippen MR) is 102 cm³/mol. The number of nitrogens with zero attached hydrogens (tertiary/aromatic N) is 1. The van der Waals surface area contributed by atoms with Crippen LogP contribution in [0.1, 0.15) is 17.5 Å². The van der Waals surface area contributed by atoms with Crippen molar-refractivity contribution >= 4 is 17.3 Å². The Bertz CT molecular complexity index is 836. The first kappa shape index (κ1) is 21.4. The summed E-state index contributed by atoms with van der Waals surface area (Å²) in [5.74, 6) is 0.751. The Hall–Kier alpha value is -2.90. The van der Waals surface area contributed by atoms with Crippen LogP contribution >= 0.6 is 0 Å². The predicted octanol–water partition coefficient (Wildman–Crippen LogP) is 4.36. The van der Waals surface area contributed by atoms with Crippen molar-refractivity contribution in [2.24, 2.45) is 0 Å². The van der Waals surface area contributed by atoms with Crippen molar-refractivity contribution in [3.05, 3.63) is 47.5 Å². The first-order valence-corrected chi connectivity index (χ1v) is 8.55. The fourth-order valence-corrected chi connectivity index (χ4v) is 2.71. The minimum absolute atomic E-state index is 0.110. The Morgan fingerprint density at radius 2 is 1.71 bits per heavy atom. The Balaban J connectivity index is 2.12. The number of anilines is 2. The highest BCUT2D eigenvalue weighted by Crippen LogP contribution is 2.35. The number of alkyl halides is 3. The van der Waals surface area contributed by atoms with Crippen LogP contribution in [0.3, 0.4) is 0 Å².